The molecule has 15 heavy (non-hydrogen) atoms. The number of rotatable bonds is 1. The molecule has 1 saturated heterocycles. The van der Waals surface area contributed by atoms with E-state index in [9.17, 15) is 9.59 Å². The van der Waals surface area contributed by atoms with E-state index in [1.165, 1.54) is 0 Å². The first-order chi connectivity index (χ1) is 7.06. The van der Waals surface area contributed by atoms with Crippen LogP contribution in [0.1, 0.15) is 23.5 Å². The number of halogens is 1. The van der Waals surface area contributed by atoms with Crippen LogP contribution in [-0.2, 0) is 14.3 Å². The van der Waals surface area contributed by atoms with Crippen LogP contribution in [0.3, 0.4) is 0 Å². The van der Waals surface area contributed by atoms with Crippen molar-refractivity contribution in [3.63, 3.8) is 0 Å². The summed E-state index contributed by atoms with van der Waals surface area (Å²) in [6.07, 6.45) is 0.110. The topological polar surface area (TPSA) is 43.4 Å². The standard InChI is InChI=1S/C11H9ClO3/c1-6-2-7(4-8(12)3-6)9-5-10(13)15-11(9)14/h2-4,9H,5H2,1H3. The molecule has 4 heteroatoms. The Bertz CT molecular complexity index is 419. The summed E-state index contributed by atoms with van der Waals surface area (Å²) >= 11 is 5.88. The van der Waals surface area contributed by atoms with Crippen molar-refractivity contribution in [1.29, 1.82) is 0 Å². The van der Waals surface area contributed by atoms with Crippen LogP contribution >= 0.6 is 11.6 Å². The van der Waals surface area contributed by atoms with Crippen LogP contribution in [0, 0.1) is 6.92 Å². The summed E-state index contributed by atoms with van der Waals surface area (Å²) in [4.78, 5) is 22.3. The van der Waals surface area contributed by atoms with Gasteiger partial charge in [-0.3, -0.25) is 9.59 Å². The SMILES string of the molecule is Cc1cc(Cl)cc(C2CC(=O)OC2=O)c1. The maximum atomic E-state index is 11.3. The van der Waals surface area contributed by atoms with Crippen molar-refractivity contribution >= 4 is 23.5 Å². The van der Waals surface area contributed by atoms with Crippen LogP contribution in [0.15, 0.2) is 18.2 Å². The lowest BCUT2D eigenvalue weighted by Gasteiger charge is -2.06. The van der Waals surface area contributed by atoms with Gasteiger partial charge in [-0.2, -0.15) is 0 Å². The number of esters is 2. The molecule has 0 saturated carbocycles. The molecule has 1 aliphatic heterocycles. The molecule has 1 aliphatic rings. The van der Waals surface area contributed by atoms with E-state index in [-0.39, 0.29) is 6.42 Å². The largest absolute Gasteiger partial charge is 0.393 e. The van der Waals surface area contributed by atoms with Crippen molar-refractivity contribution in [2.75, 3.05) is 0 Å². The summed E-state index contributed by atoms with van der Waals surface area (Å²) < 4.78 is 4.49. The van der Waals surface area contributed by atoms with Crippen molar-refractivity contribution in [3.05, 3.63) is 34.3 Å². The van der Waals surface area contributed by atoms with Gasteiger partial charge in [0.25, 0.3) is 0 Å². The molecule has 0 N–H and O–H groups in total. The van der Waals surface area contributed by atoms with E-state index in [1.807, 2.05) is 13.0 Å². The van der Waals surface area contributed by atoms with Gasteiger partial charge in [0.15, 0.2) is 0 Å². The van der Waals surface area contributed by atoms with Gasteiger partial charge in [0.05, 0.1) is 12.3 Å². The third-order valence-electron chi connectivity index (χ3n) is 2.34. The maximum absolute atomic E-state index is 11.3. The minimum atomic E-state index is -0.491. The zero-order valence-corrected chi connectivity index (χ0v) is 8.88. The maximum Gasteiger partial charge on any atom is 0.321 e. The van der Waals surface area contributed by atoms with E-state index >= 15 is 0 Å². The Morgan fingerprint density at radius 2 is 2.07 bits per heavy atom. The third kappa shape index (κ3) is 2.02. The number of aryl methyl sites for hydroxylation is 1. The second kappa shape index (κ2) is 3.66. The molecule has 1 atom stereocenters. The van der Waals surface area contributed by atoms with Crippen LogP contribution in [0.5, 0.6) is 0 Å². The third-order valence-corrected chi connectivity index (χ3v) is 2.55. The quantitative estimate of drug-likeness (QED) is 0.543. The lowest BCUT2D eigenvalue weighted by molar-refractivity contribution is -0.152. The smallest absolute Gasteiger partial charge is 0.321 e. The predicted octanol–water partition coefficient (Wildman–Crippen LogP) is 2.21. The van der Waals surface area contributed by atoms with Crippen molar-refractivity contribution in [3.8, 4) is 0 Å². The minimum Gasteiger partial charge on any atom is -0.393 e. The first-order valence-electron chi connectivity index (χ1n) is 4.58. The number of ether oxygens (including phenoxy) is 1. The predicted molar refractivity (Wildman–Crippen MR) is 54.6 cm³/mol. The number of benzene rings is 1. The Balaban J connectivity index is 2.37. The molecule has 78 valence electrons. The summed E-state index contributed by atoms with van der Waals surface area (Å²) in [6, 6.07) is 5.34. The highest BCUT2D eigenvalue weighted by molar-refractivity contribution is 6.30. The number of carbonyl (C=O) groups is 2. The molecule has 0 bridgehead atoms. The number of hydrogen-bond acceptors (Lipinski definition) is 3. The van der Waals surface area contributed by atoms with Gasteiger partial charge >= 0.3 is 11.9 Å². The molecule has 0 amide bonds. The molecular formula is C11H9ClO3. The highest BCUT2D eigenvalue weighted by atomic mass is 35.5. The fourth-order valence-corrected chi connectivity index (χ4v) is 1.99. The molecule has 1 aromatic carbocycles. The summed E-state index contributed by atoms with van der Waals surface area (Å²) in [5.41, 5.74) is 1.71. The van der Waals surface area contributed by atoms with Gasteiger partial charge in [-0.1, -0.05) is 17.7 Å². The van der Waals surface area contributed by atoms with E-state index in [0.29, 0.717) is 5.02 Å². The minimum absolute atomic E-state index is 0.110. The van der Waals surface area contributed by atoms with Crippen molar-refractivity contribution in [2.24, 2.45) is 0 Å². The zero-order chi connectivity index (χ0) is 11.0. The Morgan fingerprint density at radius 1 is 1.33 bits per heavy atom. The normalized spacial score (nSPS) is 20.5. The summed E-state index contributed by atoms with van der Waals surface area (Å²) in [5.74, 6) is -1.45. The van der Waals surface area contributed by atoms with E-state index < -0.39 is 17.9 Å². The number of hydrogen-bond donors (Lipinski definition) is 0. The van der Waals surface area contributed by atoms with Crippen molar-refractivity contribution in [2.45, 2.75) is 19.3 Å². The monoisotopic (exact) mass is 224 g/mol. The van der Waals surface area contributed by atoms with Gasteiger partial charge < -0.3 is 4.74 Å². The number of cyclic esters (lactones) is 2. The summed E-state index contributed by atoms with van der Waals surface area (Å²) in [6.45, 7) is 1.89. The van der Waals surface area contributed by atoms with Crippen molar-refractivity contribution in [1.82, 2.24) is 0 Å². The van der Waals surface area contributed by atoms with Crippen LogP contribution in [0.4, 0.5) is 0 Å². The van der Waals surface area contributed by atoms with E-state index in [4.69, 9.17) is 11.6 Å². The highest BCUT2D eigenvalue weighted by Crippen LogP contribution is 2.29. The van der Waals surface area contributed by atoms with Gasteiger partial charge in [-0.05, 0) is 30.2 Å². The van der Waals surface area contributed by atoms with Crippen molar-refractivity contribution < 1.29 is 14.3 Å². The Morgan fingerprint density at radius 3 is 2.60 bits per heavy atom. The molecule has 0 radical (unpaired) electrons. The van der Waals surface area contributed by atoms with Gasteiger partial charge in [-0.25, -0.2) is 0 Å². The first kappa shape index (κ1) is 10.2. The average molecular weight is 225 g/mol. The molecule has 1 unspecified atom stereocenters. The van der Waals surface area contributed by atoms with Crippen LogP contribution in [0.25, 0.3) is 0 Å². The zero-order valence-electron chi connectivity index (χ0n) is 8.12. The lowest BCUT2D eigenvalue weighted by Crippen LogP contribution is -2.05. The number of carbonyl (C=O) groups excluding carboxylic acids is 2. The van der Waals surface area contributed by atoms with Crippen LogP contribution < -0.4 is 0 Å². The van der Waals surface area contributed by atoms with Gasteiger partial charge in [0.1, 0.15) is 0 Å². The van der Waals surface area contributed by atoms with E-state index in [2.05, 4.69) is 4.74 Å². The fourth-order valence-electron chi connectivity index (χ4n) is 1.69. The Kier molecular flexibility index (Phi) is 2.49. The molecule has 1 heterocycles. The van der Waals surface area contributed by atoms with E-state index in [0.717, 1.165) is 11.1 Å². The van der Waals surface area contributed by atoms with E-state index in [1.54, 1.807) is 12.1 Å². The highest BCUT2D eigenvalue weighted by Gasteiger charge is 2.34. The average Bonchev–Trinajstić information content (AvgIpc) is 2.43. The molecule has 1 aromatic rings. The molecule has 2 rings (SSSR count). The second-order valence-electron chi connectivity index (χ2n) is 3.61. The van der Waals surface area contributed by atoms with Crippen LogP contribution in [0.2, 0.25) is 5.02 Å². The van der Waals surface area contributed by atoms with Gasteiger partial charge in [-0.15, -0.1) is 0 Å². The van der Waals surface area contributed by atoms with Gasteiger partial charge in [0, 0.05) is 5.02 Å². The molecule has 1 fully saturated rings. The molecule has 0 aliphatic carbocycles. The Hall–Kier alpha value is -1.35. The summed E-state index contributed by atoms with van der Waals surface area (Å²) in [7, 11) is 0. The molecule has 0 spiro atoms. The van der Waals surface area contributed by atoms with Crippen LogP contribution in [-0.4, -0.2) is 11.9 Å². The molecule has 0 aromatic heterocycles. The first-order valence-corrected chi connectivity index (χ1v) is 4.95. The summed E-state index contributed by atoms with van der Waals surface area (Å²) in [5, 5.41) is 0.567. The fraction of sp³-hybridized carbons (Fsp3) is 0.273. The molecular weight excluding hydrogens is 216 g/mol. The Labute approximate surface area is 92.0 Å². The molecule has 3 nitrogen and oxygen atoms in total. The lowest BCUT2D eigenvalue weighted by atomic mass is 9.96. The van der Waals surface area contributed by atoms with Gasteiger partial charge in [0.2, 0.25) is 0 Å². The second-order valence-corrected chi connectivity index (χ2v) is 4.05.